The molecule has 0 fully saturated rings. The molecule has 0 saturated carbocycles. The molecule has 2 aromatic rings. The van der Waals surface area contributed by atoms with Gasteiger partial charge in [0.05, 0.1) is 0 Å². The molecule has 158 valence electrons. The van der Waals surface area contributed by atoms with Crippen molar-refractivity contribution in [3.63, 3.8) is 0 Å². The predicted octanol–water partition coefficient (Wildman–Crippen LogP) is 3.01. The zero-order chi connectivity index (χ0) is 21.3. The highest BCUT2D eigenvalue weighted by Crippen LogP contribution is 2.13. The van der Waals surface area contributed by atoms with Crippen molar-refractivity contribution < 1.29 is 13.2 Å². The number of anilines is 1. The van der Waals surface area contributed by atoms with Gasteiger partial charge in [-0.15, -0.1) is 0 Å². The average molecular weight is 419 g/mol. The Kier molecular flexibility index (Phi) is 8.60. The summed E-state index contributed by atoms with van der Waals surface area (Å²) in [6, 6.07) is 12.9. The first-order valence-corrected chi connectivity index (χ1v) is 11.3. The van der Waals surface area contributed by atoms with Gasteiger partial charge in [0.15, 0.2) is 0 Å². The number of aromatic nitrogens is 1. The van der Waals surface area contributed by atoms with Crippen LogP contribution in [0.1, 0.15) is 38.7 Å². The summed E-state index contributed by atoms with van der Waals surface area (Å²) in [5, 5.41) is 3.06. The van der Waals surface area contributed by atoms with Crippen LogP contribution >= 0.6 is 0 Å². The fourth-order valence-electron chi connectivity index (χ4n) is 2.82. The number of hydrogen-bond acceptors (Lipinski definition) is 5. The summed E-state index contributed by atoms with van der Waals surface area (Å²) >= 11 is 0. The highest BCUT2D eigenvalue weighted by molar-refractivity contribution is 7.89. The molecule has 2 rings (SSSR count). The summed E-state index contributed by atoms with van der Waals surface area (Å²) in [5.74, 6) is 0.555. The van der Waals surface area contributed by atoms with Gasteiger partial charge in [-0.3, -0.25) is 4.79 Å². The SMILES string of the molecule is CCC(CC)NS(=O)(=O)c1ccc(NCCC(=O)N(C)Cc2ccccc2)nc1. The minimum atomic E-state index is -3.58. The van der Waals surface area contributed by atoms with Crippen LogP contribution in [0.2, 0.25) is 0 Å². The van der Waals surface area contributed by atoms with E-state index in [0.717, 1.165) is 18.4 Å². The van der Waals surface area contributed by atoms with E-state index in [1.165, 1.54) is 12.3 Å². The minimum Gasteiger partial charge on any atom is -0.370 e. The largest absolute Gasteiger partial charge is 0.370 e. The topological polar surface area (TPSA) is 91.4 Å². The Morgan fingerprint density at radius 3 is 2.38 bits per heavy atom. The number of hydrogen-bond donors (Lipinski definition) is 2. The molecule has 0 aliphatic heterocycles. The molecule has 1 aromatic carbocycles. The highest BCUT2D eigenvalue weighted by atomic mass is 32.2. The van der Waals surface area contributed by atoms with Crippen LogP contribution in [0.15, 0.2) is 53.6 Å². The van der Waals surface area contributed by atoms with Crippen LogP contribution in [-0.2, 0) is 21.4 Å². The second-order valence-corrected chi connectivity index (χ2v) is 8.64. The summed E-state index contributed by atoms with van der Waals surface area (Å²) < 4.78 is 27.4. The Balaban J connectivity index is 1.83. The van der Waals surface area contributed by atoms with Crippen molar-refractivity contribution in [3.05, 3.63) is 54.2 Å². The number of nitrogens with one attached hydrogen (secondary N) is 2. The molecule has 7 nitrogen and oxygen atoms in total. The van der Waals surface area contributed by atoms with Crippen LogP contribution in [0.3, 0.4) is 0 Å². The Hall–Kier alpha value is -2.45. The lowest BCUT2D eigenvalue weighted by molar-refractivity contribution is -0.130. The van der Waals surface area contributed by atoms with Gasteiger partial charge in [0.2, 0.25) is 15.9 Å². The first kappa shape index (κ1) is 22.8. The molecule has 0 aliphatic rings. The molecule has 1 heterocycles. The maximum absolute atomic E-state index is 12.4. The normalized spacial score (nSPS) is 11.4. The number of carbonyl (C=O) groups is 1. The van der Waals surface area contributed by atoms with Gasteiger partial charge in [-0.25, -0.2) is 18.1 Å². The van der Waals surface area contributed by atoms with E-state index in [1.54, 1.807) is 18.0 Å². The van der Waals surface area contributed by atoms with Gasteiger partial charge in [0.1, 0.15) is 10.7 Å². The van der Waals surface area contributed by atoms with E-state index in [2.05, 4.69) is 15.0 Å². The van der Waals surface area contributed by atoms with Crippen LogP contribution in [-0.4, -0.2) is 43.8 Å². The first-order chi connectivity index (χ1) is 13.9. The maximum atomic E-state index is 12.4. The standard InChI is InChI=1S/C21H30N4O3S/c1-4-18(5-2)24-29(27,28)19-11-12-20(23-15-19)22-14-13-21(26)25(3)16-17-9-7-6-8-10-17/h6-12,15,18,24H,4-5,13-14,16H2,1-3H3,(H,22,23). The van der Waals surface area contributed by atoms with Gasteiger partial charge in [-0.05, 0) is 30.5 Å². The van der Waals surface area contributed by atoms with Crippen LogP contribution in [0, 0.1) is 0 Å². The summed E-state index contributed by atoms with van der Waals surface area (Å²) in [6.07, 6.45) is 3.11. The van der Waals surface area contributed by atoms with Gasteiger partial charge in [-0.2, -0.15) is 0 Å². The maximum Gasteiger partial charge on any atom is 0.242 e. The number of nitrogens with zero attached hydrogens (tertiary/aromatic N) is 2. The van der Waals surface area contributed by atoms with E-state index < -0.39 is 10.0 Å². The van der Waals surface area contributed by atoms with Crippen LogP contribution in [0.25, 0.3) is 0 Å². The Labute approximate surface area is 173 Å². The lowest BCUT2D eigenvalue weighted by atomic mass is 10.2. The molecule has 0 bridgehead atoms. The fourth-order valence-corrected chi connectivity index (χ4v) is 4.17. The Bertz CT molecular complexity index is 867. The number of rotatable bonds is 11. The summed E-state index contributed by atoms with van der Waals surface area (Å²) in [6.45, 7) is 4.87. The monoisotopic (exact) mass is 418 g/mol. The molecule has 0 saturated heterocycles. The van der Waals surface area contributed by atoms with Gasteiger partial charge >= 0.3 is 0 Å². The van der Waals surface area contributed by atoms with Gasteiger partial charge in [0.25, 0.3) is 0 Å². The molecule has 1 aromatic heterocycles. The molecule has 0 radical (unpaired) electrons. The zero-order valence-electron chi connectivity index (χ0n) is 17.3. The molecule has 0 aliphatic carbocycles. The van der Waals surface area contributed by atoms with Crippen molar-refractivity contribution >= 4 is 21.7 Å². The Morgan fingerprint density at radius 1 is 1.10 bits per heavy atom. The third-order valence-electron chi connectivity index (χ3n) is 4.69. The molecule has 0 spiro atoms. The smallest absolute Gasteiger partial charge is 0.242 e. The second-order valence-electron chi connectivity index (χ2n) is 6.93. The van der Waals surface area contributed by atoms with Crippen molar-refractivity contribution in [2.45, 2.75) is 50.6 Å². The van der Waals surface area contributed by atoms with Crippen LogP contribution in [0.4, 0.5) is 5.82 Å². The lowest BCUT2D eigenvalue weighted by Gasteiger charge is -2.17. The van der Waals surface area contributed by atoms with Gasteiger partial charge in [0, 0.05) is 38.8 Å². The van der Waals surface area contributed by atoms with Crippen molar-refractivity contribution in [2.75, 3.05) is 18.9 Å². The first-order valence-electron chi connectivity index (χ1n) is 9.85. The average Bonchev–Trinajstić information content (AvgIpc) is 2.73. The molecular formula is C21H30N4O3S. The van der Waals surface area contributed by atoms with Crippen molar-refractivity contribution in [1.29, 1.82) is 0 Å². The van der Waals surface area contributed by atoms with Crippen LogP contribution in [0.5, 0.6) is 0 Å². The van der Waals surface area contributed by atoms with E-state index in [4.69, 9.17) is 0 Å². The lowest BCUT2D eigenvalue weighted by Crippen LogP contribution is -2.33. The molecule has 1 amide bonds. The van der Waals surface area contributed by atoms with E-state index in [1.807, 2.05) is 44.2 Å². The van der Waals surface area contributed by atoms with Crippen LogP contribution < -0.4 is 10.0 Å². The third kappa shape index (κ3) is 7.14. The van der Waals surface area contributed by atoms with E-state index >= 15 is 0 Å². The van der Waals surface area contributed by atoms with E-state index in [9.17, 15) is 13.2 Å². The number of carbonyl (C=O) groups excluding carboxylic acids is 1. The predicted molar refractivity (Wildman–Crippen MR) is 115 cm³/mol. The second kappa shape index (κ2) is 10.9. The summed E-state index contributed by atoms with van der Waals surface area (Å²) in [4.78, 5) is 18.2. The number of benzene rings is 1. The summed E-state index contributed by atoms with van der Waals surface area (Å²) in [5.41, 5.74) is 1.08. The fraction of sp³-hybridized carbons (Fsp3) is 0.429. The van der Waals surface area contributed by atoms with E-state index in [-0.39, 0.29) is 16.8 Å². The van der Waals surface area contributed by atoms with Crippen molar-refractivity contribution in [1.82, 2.24) is 14.6 Å². The minimum absolute atomic E-state index is 0.0231. The van der Waals surface area contributed by atoms with Gasteiger partial charge in [-0.1, -0.05) is 44.2 Å². The van der Waals surface area contributed by atoms with Gasteiger partial charge < -0.3 is 10.2 Å². The molecular weight excluding hydrogens is 388 g/mol. The number of pyridine rings is 1. The molecule has 2 N–H and O–H groups in total. The molecule has 29 heavy (non-hydrogen) atoms. The van der Waals surface area contributed by atoms with E-state index in [0.29, 0.717) is 25.3 Å². The molecule has 0 atom stereocenters. The quantitative estimate of drug-likeness (QED) is 0.585. The molecule has 8 heteroatoms. The summed E-state index contributed by atoms with van der Waals surface area (Å²) in [7, 11) is -1.80. The van der Waals surface area contributed by atoms with Crippen molar-refractivity contribution in [2.24, 2.45) is 0 Å². The third-order valence-corrected chi connectivity index (χ3v) is 6.19. The van der Waals surface area contributed by atoms with Crippen molar-refractivity contribution in [3.8, 4) is 0 Å². The highest BCUT2D eigenvalue weighted by Gasteiger charge is 2.18. The number of sulfonamides is 1. The number of amides is 1. The molecule has 0 unspecified atom stereocenters. The Morgan fingerprint density at radius 2 is 1.79 bits per heavy atom. The zero-order valence-corrected chi connectivity index (χ0v) is 18.1.